The minimum absolute atomic E-state index is 0.108. The molecule has 0 fully saturated rings. The molecule has 1 aliphatic rings. The van der Waals surface area contributed by atoms with Crippen LogP contribution in [-0.2, 0) is 11.0 Å². The molecule has 0 spiro atoms. The molecule has 0 saturated heterocycles. The van der Waals surface area contributed by atoms with E-state index in [1.807, 2.05) is 0 Å². The largest absolute Gasteiger partial charge is 0.418 e. The van der Waals surface area contributed by atoms with Crippen LogP contribution in [-0.4, -0.2) is 11.0 Å². The summed E-state index contributed by atoms with van der Waals surface area (Å²) in [6, 6.07) is 9.41. The second-order valence-electron chi connectivity index (χ2n) is 6.12. The van der Waals surface area contributed by atoms with Gasteiger partial charge in [0.15, 0.2) is 5.11 Å². The zero-order chi connectivity index (χ0) is 20.5. The molecule has 0 saturated carbocycles. The molecule has 0 unspecified atom stereocenters. The summed E-state index contributed by atoms with van der Waals surface area (Å²) in [4.78, 5) is 12.9. The number of thiocarbonyl (C=S) groups is 1. The van der Waals surface area contributed by atoms with Crippen molar-refractivity contribution < 1.29 is 22.4 Å². The van der Waals surface area contributed by atoms with Crippen LogP contribution in [0.15, 0.2) is 59.8 Å². The van der Waals surface area contributed by atoms with Crippen molar-refractivity contribution in [2.24, 2.45) is 0 Å². The van der Waals surface area contributed by atoms with Crippen molar-refractivity contribution in [3.63, 3.8) is 0 Å². The van der Waals surface area contributed by atoms with Crippen molar-refractivity contribution in [2.45, 2.75) is 19.1 Å². The molecule has 0 bridgehead atoms. The third kappa shape index (κ3) is 4.14. The Morgan fingerprint density at radius 1 is 1.14 bits per heavy atom. The van der Waals surface area contributed by atoms with E-state index in [1.54, 1.807) is 13.0 Å². The number of nitrogens with one attached hydrogen (secondary N) is 3. The standard InChI is InChI=1S/C19H15F4N3OS/c1-10-15(16(26-18(28)24-10)11-5-4-6-12(20)9-11)17(27)25-14-8-3-2-7-13(14)19(21,22)23/h2-9,16H,1H3,(H,25,27)(H2,24,26,28)/t16-/m0/s1. The Morgan fingerprint density at radius 2 is 1.86 bits per heavy atom. The van der Waals surface area contributed by atoms with Crippen LogP contribution in [0, 0.1) is 5.82 Å². The van der Waals surface area contributed by atoms with E-state index >= 15 is 0 Å². The van der Waals surface area contributed by atoms with Gasteiger partial charge in [-0.1, -0.05) is 24.3 Å². The summed E-state index contributed by atoms with van der Waals surface area (Å²) in [7, 11) is 0. The number of alkyl halides is 3. The molecule has 1 amide bonds. The summed E-state index contributed by atoms with van der Waals surface area (Å²) in [5.74, 6) is -1.27. The molecule has 28 heavy (non-hydrogen) atoms. The van der Waals surface area contributed by atoms with Crippen molar-refractivity contribution in [1.82, 2.24) is 10.6 Å². The van der Waals surface area contributed by atoms with Gasteiger partial charge in [-0.05, 0) is 49.0 Å². The fraction of sp³-hybridized carbons (Fsp3) is 0.158. The van der Waals surface area contributed by atoms with Gasteiger partial charge in [0.1, 0.15) is 5.82 Å². The predicted octanol–water partition coefficient (Wildman–Crippen LogP) is 4.28. The molecule has 3 rings (SSSR count). The lowest BCUT2D eigenvalue weighted by Crippen LogP contribution is -2.45. The fourth-order valence-electron chi connectivity index (χ4n) is 2.96. The molecule has 0 radical (unpaired) electrons. The zero-order valence-electron chi connectivity index (χ0n) is 14.5. The summed E-state index contributed by atoms with van der Waals surface area (Å²) in [6.07, 6.45) is -4.63. The number of benzene rings is 2. The highest BCUT2D eigenvalue weighted by Crippen LogP contribution is 2.35. The lowest BCUT2D eigenvalue weighted by atomic mass is 9.94. The Balaban J connectivity index is 1.99. The van der Waals surface area contributed by atoms with Gasteiger partial charge in [-0.3, -0.25) is 4.79 Å². The van der Waals surface area contributed by atoms with Crippen LogP contribution in [0.25, 0.3) is 0 Å². The molecule has 4 nitrogen and oxygen atoms in total. The monoisotopic (exact) mass is 409 g/mol. The van der Waals surface area contributed by atoms with Gasteiger partial charge in [-0.2, -0.15) is 13.2 Å². The van der Waals surface area contributed by atoms with Gasteiger partial charge < -0.3 is 16.0 Å². The molecule has 0 aromatic heterocycles. The highest BCUT2D eigenvalue weighted by atomic mass is 32.1. The first-order chi connectivity index (χ1) is 13.2. The van der Waals surface area contributed by atoms with Crippen molar-refractivity contribution >= 4 is 28.9 Å². The van der Waals surface area contributed by atoms with Gasteiger partial charge >= 0.3 is 6.18 Å². The lowest BCUT2D eigenvalue weighted by Gasteiger charge is -2.30. The third-order valence-corrected chi connectivity index (χ3v) is 4.40. The highest BCUT2D eigenvalue weighted by molar-refractivity contribution is 7.80. The second kappa shape index (κ2) is 7.59. The van der Waals surface area contributed by atoms with E-state index in [4.69, 9.17) is 12.2 Å². The molecule has 9 heteroatoms. The first-order valence-electron chi connectivity index (χ1n) is 8.18. The number of hydrogen-bond acceptors (Lipinski definition) is 2. The second-order valence-corrected chi connectivity index (χ2v) is 6.53. The summed E-state index contributed by atoms with van der Waals surface area (Å²) in [5, 5.41) is 8.18. The molecule has 1 aliphatic heterocycles. The first kappa shape index (κ1) is 19.8. The van der Waals surface area contributed by atoms with Gasteiger partial charge in [0.05, 0.1) is 22.9 Å². The van der Waals surface area contributed by atoms with Crippen molar-refractivity contribution in [3.8, 4) is 0 Å². The number of allylic oxidation sites excluding steroid dienone is 1. The number of rotatable bonds is 3. The van der Waals surface area contributed by atoms with Gasteiger partial charge in [0.2, 0.25) is 0 Å². The van der Waals surface area contributed by atoms with Gasteiger partial charge in [0, 0.05) is 5.70 Å². The molecule has 1 atom stereocenters. The van der Waals surface area contributed by atoms with Crippen LogP contribution in [0.4, 0.5) is 23.2 Å². The van der Waals surface area contributed by atoms with Gasteiger partial charge in [-0.15, -0.1) is 0 Å². The number of hydrogen-bond donors (Lipinski definition) is 3. The first-order valence-corrected chi connectivity index (χ1v) is 8.59. The number of anilines is 1. The average Bonchev–Trinajstić information content (AvgIpc) is 2.60. The van der Waals surface area contributed by atoms with Crippen molar-refractivity contribution in [1.29, 1.82) is 0 Å². The maximum absolute atomic E-state index is 13.7. The van der Waals surface area contributed by atoms with E-state index in [9.17, 15) is 22.4 Å². The summed E-state index contributed by atoms with van der Waals surface area (Å²) in [5.41, 5.74) is -0.448. The van der Waals surface area contributed by atoms with E-state index in [2.05, 4.69) is 16.0 Å². The highest BCUT2D eigenvalue weighted by Gasteiger charge is 2.35. The van der Waals surface area contributed by atoms with Crippen LogP contribution in [0.3, 0.4) is 0 Å². The van der Waals surface area contributed by atoms with E-state index < -0.39 is 29.5 Å². The van der Waals surface area contributed by atoms with Crippen molar-refractivity contribution in [2.75, 3.05) is 5.32 Å². The SMILES string of the molecule is CC1=C(C(=O)Nc2ccccc2C(F)(F)F)[C@H](c2cccc(F)c2)NC(=S)N1. The van der Waals surface area contributed by atoms with Crippen molar-refractivity contribution in [3.05, 3.63) is 76.7 Å². The predicted molar refractivity (Wildman–Crippen MR) is 101 cm³/mol. The minimum Gasteiger partial charge on any atom is -0.351 e. The summed E-state index contributed by atoms with van der Waals surface area (Å²) >= 11 is 5.10. The molecule has 2 aromatic carbocycles. The van der Waals surface area contributed by atoms with Crippen LogP contribution < -0.4 is 16.0 Å². The van der Waals surface area contributed by atoms with Gasteiger partial charge in [-0.25, -0.2) is 4.39 Å². The zero-order valence-corrected chi connectivity index (χ0v) is 15.3. The maximum Gasteiger partial charge on any atom is 0.418 e. The minimum atomic E-state index is -4.63. The van der Waals surface area contributed by atoms with E-state index in [1.165, 1.54) is 36.4 Å². The quantitative estimate of drug-likeness (QED) is 0.523. The summed E-state index contributed by atoms with van der Waals surface area (Å²) < 4.78 is 53.3. The Hall–Kier alpha value is -2.94. The number of carbonyl (C=O) groups is 1. The van der Waals surface area contributed by atoms with E-state index in [0.29, 0.717) is 11.3 Å². The number of para-hydroxylation sites is 1. The third-order valence-electron chi connectivity index (χ3n) is 4.18. The maximum atomic E-state index is 13.7. The average molecular weight is 409 g/mol. The number of amides is 1. The molecule has 2 aromatic rings. The molecular weight excluding hydrogens is 394 g/mol. The van der Waals surface area contributed by atoms with Crippen LogP contribution in [0.5, 0.6) is 0 Å². The van der Waals surface area contributed by atoms with Crippen LogP contribution in [0.1, 0.15) is 24.1 Å². The topological polar surface area (TPSA) is 53.2 Å². The molecular formula is C19H15F4N3OS. The Morgan fingerprint density at radius 3 is 2.54 bits per heavy atom. The van der Waals surface area contributed by atoms with Crippen LogP contribution >= 0.6 is 12.2 Å². The Bertz CT molecular complexity index is 972. The molecule has 3 N–H and O–H groups in total. The lowest BCUT2D eigenvalue weighted by molar-refractivity contribution is -0.137. The fourth-order valence-corrected chi connectivity index (χ4v) is 3.23. The van der Waals surface area contributed by atoms with Gasteiger partial charge in [0.25, 0.3) is 5.91 Å². The van der Waals surface area contributed by atoms with E-state index in [-0.39, 0.29) is 16.4 Å². The Labute approximate surface area is 163 Å². The number of halogens is 4. The van der Waals surface area contributed by atoms with E-state index in [0.717, 1.165) is 6.07 Å². The molecule has 0 aliphatic carbocycles. The molecule has 1 heterocycles. The number of carbonyl (C=O) groups excluding carboxylic acids is 1. The normalized spacial score (nSPS) is 17.0. The summed E-state index contributed by atoms with van der Waals surface area (Å²) in [6.45, 7) is 1.57. The Kier molecular flexibility index (Phi) is 5.37. The van der Waals surface area contributed by atoms with Crippen LogP contribution in [0.2, 0.25) is 0 Å². The molecule has 146 valence electrons. The smallest absolute Gasteiger partial charge is 0.351 e.